The molecule has 3 N–H and O–H groups in total. The van der Waals surface area contributed by atoms with E-state index in [9.17, 15) is 0 Å². The van der Waals surface area contributed by atoms with Crippen molar-refractivity contribution in [1.29, 1.82) is 0 Å². The number of nitrogens with two attached hydrogens (primary N) is 1. The average Bonchev–Trinajstić information content (AvgIpc) is 2.38. The molecule has 1 unspecified atom stereocenters. The van der Waals surface area contributed by atoms with Crippen LogP contribution in [0.15, 0.2) is 18.2 Å². The molecule has 1 aromatic carbocycles. The zero-order valence-electron chi connectivity index (χ0n) is 11.2. The Labute approximate surface area is 124 Å². The third kappa shape index (κ3) is 5.26. The highest BCUT2D eigenvalue weighted by Crippen LogP contribution is 2.23. The number of halogens is 2. The molecule has 0 fully saturated rings. The van der Waals surface area contributed by atoms with E-state index in [1.807, 2.05) is 19.9 Å². The summed E-state index contributed by atoms with van der Waals surface area (Å²) >= 11 is 12.0. The van der Waals surface area contributed by atoms with Crippen LogP contribution < -0.4 is 11.3 Å². The van der Waals surface area contributed by atoms with Crippen LogP contribution in [-0.2, 0) is 15.9 Å². The van der Waals surface area contributed by atoms with E-state index < -0.39 is 6.29 Å². The molecule has 1 aromatic rings. The monoisotopic (exact) mass is 306 g/mol. The number of hydrogen-bond donors (Lipinski definition) is 2. The fraction of sp³-hybridized carbons (Fsp3) is 0.538. The standard InChI is InChI=1S/C13H20Cl2N2O2/c1-3-18-13(19-4-2)12(17-16)7-9-5-6-10(14)8-11(9)15/h5-6,8,12-13,17H,3-4,7,16H2,1-2H3. The van der Waals surface area contributed by atoms with Crippen LogP contribution >= 0.6 is 23.2 Å². The number of rotatable bonds is 8. The number of hydrazine groups is 1. The predicted octanol–water partition coefficient (Wildman–Crippen LogP) is 2.77. The molecule has 1 atom stereocenters. The van der Waals surface area contributed by atoms with Gasteiger partial charge in [-0.15, -0.1) is 0 Å². The molecular weight excluding hydrogens is 287 g/mol. The molecule has 108 valence electrons. The Morgan fingerprint density at radius 3 is 2.32 bits per heavy atom. The quantitative estimate of drug-likeness (QED) is 0.440. The molecule has 19 heavy (non-hydrogen) atoms. The summed E-state index contributed by atoms with van der Waals surface area (Å²) in [7, 11) is 0. The molecule has 1 rings (SSSR count). The Kier molecular flexibility index (Phi) is 7.68. The Balaban J connectivity index is 2.78. The second-order valence-corrected chi connectivity index (χ2v) is 4.84. The van der Waals surface area contributed by atoms with E-state index in [1.165, 1.54) is 0 Å². The fourth-order valence-corrected chi connectivity index (χ4v) is 2.25. The van der Waals surface area contributed by atoms with Gasteiger partial charge in [-0.2, -0.15) is 0 Å². The zero-order valence-corrected chi connectivity index (χ0v) is 12.7. The van der Waals surface area contributed by atoms with Gasteiger partial charge in [-0.05, 0) is 38.0 Å². The van der Waals surface area contributed by atoms with Crippen LogP contribution in [0.3, 0.4) is 0 Å². The molecule has 0 heterocycles. The third-order valence-corrected chi connectivity index (χ3v) is 3.25. The van der Waals surface area contributed by atoms with E-state index in [2.05, 4.69) is 5.43 Å². The Hall–Kier alpha value is -0.360. The van der Waals surface area contributed by atoms with Crippen LogP contribution in [-0.4, -0.2) is 25.5 Å². The highest BCUT2D eigenvalue weighted by molar-refractivity contribution is 6.35. The zero-order chi connectivity index (χ0) is 14.3. The van der Waals surface area contributed by atoms with E-state index in [-0.39, 0.29) is 6.04 Å². The molecular formula is C13H20Cl2N2O2. The molecule has 0 bridgehead atoms. The van der Waals surface area contributed by atoms with Crippen LogP contribution in [0, 0.1) is 0 Å². The maximum absolute atomic E-state index is 6.15. The first-order chi connectivity index (χ1) is 9.12. The Morgan fingerprint density at radius 1 is 1.21 bits per heavy atom. The lowest BCUT2D eigenvalue weighted by Crippen LogP contribution is -2.48. The lowest BCUT2D eigenvalue weighted by atomic mass is 10.1. The summed E-state index contributed by atoms with van der Waals surface area (Å²) in [6.07, 6.45) is 0.184. The number of nitrogens with one attached hydrogen (secondary N) is 1. The minimum absolute atomic E-state index is 0.182. The molecule has 0 saturated heterocycles. The van der Waals surface area contributed by atoms with Crippen molar-refractivity contribution in [3.05, 3.63) is 33.8 Å². The second-order valence-electron chi connectivity index (χ2n) is 3.99. The van der Waals surface area contributed by atoms with Crippen molar-refractivity contribution in [2.24, 2.45) is 5.84 Å². The van der Waals surface area contributed by atoms with Gasteiger partial charge in [0.2, 0.25) is 0 Å². The van der Waals surface area contributed by atoms with E-state index in [1.54, 1.807) is 12.1 Å². The maximum Gasteiger partial charge on any atom is 0.174 e. The smallest absolute Gasteiger partial charge is 0.174 e. The van der Waals surface area contributed by atoms with Gasteiger partial charge < -0.3 is 9.47 Å². The summed E-state index contributed by atoms with van der Waals surface area (Å²) in [5, 5.41) is 1.22. The third-order valence-electron chi connectivity index (χ3n) is 2.66. The first kappa shape index (κ1) is 16.7. The molecule has 6 heteroatoms. The van der Waals surface area contributed by atoms with E-state index in [0.717, 1.165) is 5.56 Å². The van der Waals surface area contributed by atoms with Gasteiger partial charge in [0, 0.05) is 23.3 Å². The SMILES string of the molecule is CCOC(OCC)C(Cc1ccc(Cl)cc1Cl)NN. The number of hydrogen-bond acceptors (Lipinski definition) is 4. The molecule has 0 saturated carbocycles. The molecule has 0 amide bonds. The summed E-state index contributed by atoms with van der Waals surface area (Å²) in [6.45, 7) is 4.93. The van der Waals surface area contributed by atoms with Crippen molar-refractivity contribution in [2.45, 2.75) is 32.6 Å². The fourth-order valence-electron chi connectivity index (χ4n) is 1.77. The summed E-state index contributed by atoms with van der Waals surface area (Å²) in [5.41, 5.74) is 3.66. The summed E-state index contributed by atoms with van der Waals surface area (Å²) < 4.78 is 11.1. The van der Waals surface area contributed by atoms with Gasteiger partial charge in [-0.3, -0.25) is 11.3 Å². The van der Waals surface area contributed by atoms with Crippen LogP contribution in [0.4, 0.5) is 0 Å². The van der Waals surface area contributed by atoms with Crippen molar-refractivity contribution >= 4 is 23.2 Å². The predicted molar refractivity (Wildman–Crippen MR) is 78.3 cm³/mol. The Morgan fingerprint density at radius 2 is 1.84 bits per heavy atom. The van der Waals surface area contributed by atoms with Gasteiger partial charge in [0.15, 0.2) is 6.29 Å². The van der Waals surface area contributed by atoms with Crippen LogP contribution in [0.1, 0.15) is 19.4 Å². The number of benzene rings is 1. The molecule has 0 aliphatic rings. The highest BCUT2D eigenvalue weighted by atomic mass is 35.5. The van der Waals surface area contributed by atoms with Crippen LogP contribution in [0.2, 0.25) is 10.0 Å². The van der Waals surface area contributed by atoms with Crippen molar-refractivity contribution in [2.75, 3.05) is 13.2 Å². The minimum Gasteiger partial charge on any atom is -0.351 e. The molecule has 0 spiro atoms. The first-order valence-electron chi connectivity index (χ1n) is 6.25. The number of ether oxygens (including phenoxy) is 2. The topological polar surface area (TPSA) is 56.5 Å². The normalized spacial score (nSPS) is 12.9. The average molecular weight is 307 g/mol. The maximum atomic E-state index is 6.15. The largest absolute Gasteiger partial charge is 0.351 e. The van der Waals surface area contributed by atoms with E-state index >= 15 is 0 Å². The van der Waals surface area contributed by atoms with Gasteiger partial charge in [0.05, 0.1) is 6.04 Å². The Bertz CT molecular complexity index is 385. The van der Waals surface area contributed by atoms with Crippen LogP contribution in [0.5, 0.6) is 0 Å². The lowest BCUT2D eigenvalue weighted by molar-refractivity contribution is -0.153. The molecule has 0 radical (unpaired) electrons. The van der Waals surface area contributed by atoms with E-state index in [4.69, 9.17) is 38.5 Å². The van der Waals surface area contributed by atoms with Gasteiger partial charge in [0.25, 0.3) is 0 Å². The molecule has 0 aliphatic heterocycles. The molecule has 0 aliphatic carbocycles. The lowest BCUT2D eigenvalue weighted by Gasteiger charge is -2.26. The van der Waals surface area contributed by atoms with Gasteiger partial charge in [0.1, 0.15) is 0 Å². The minimum atomic E-state index is -0.410. The summed E-state index contributed by atoms with van der Waals surface area (Å²) in [6, 6.07) is 5.21. The van der Waals surface area contributed by atoms with Crippen molar-refractivity contribution < 1.29 is 9.47 Å². The van der Waals surface area contributed by atoms with Crippen LogP contribution in [0.25, 0.3) is 0 Å². The summed E-state index contributed by atoms with van der Waals surface area (Å²) in [5.74, 6) is 5.58. The van der Waals surface area contributed by atoms with Gasteiger partial charge in [-0.1, -0.05) is 29.3 Å². The van der Waals surface area contributed by atoms with Gasteiger partial charge >= 0.3 is 0 Å². The second kappa shape index (κ2) is 8.74. The molecule has 0 aromatic heterocycles. The summed E-state index contributed by atoms with van der Waals surface area (Å²) in [4.78, 5) is 0. The van der Waals surface area contributed by atoms with Crippen molar-refractivity contribution in [3.63, 3.8) is 0 Å². The van der Waals surface area contributed by atoms with Gasteiger partial charge in [-0.25, -0.2) is 0 Å². The van der Waals surface area contributed by atoms with E-state index in [0.29, 0.717) is 29.7 Å². The molecule has 4 nitrogen and oxygen atoms in total. The first-order valence-corrected chi connectivity index (χ1v) is 7.01. The van der Waals surface area contributed by atoms with Crippen molar-refractivity contribution in [1.82, 2.24) is 5.43 Å². The van der Waals surface area contributed by atoms with Crippen molar-refractivity contribution in [3.8, 4) is 0 Å². The highest BCUT2D eigenvalue weighted by Gasteiger charge is 2.22.